The molecule has 0 heterocycles. The van der Waals surface area contributed by atoms with E-state index in [1.54, 1.807) is 32.6 Å². The second-order valence-corrected chi connectivity index (χ2v) is 4.46. The summed E-state index contributed by atoms with van der Waals surface area (Å²) in [5.74, 6) is -0.345. The lowest BCUT2D eigenvalue weighted by atomic mass is 10.2. The van der Waals surface area contributed by atoms with Crippen LogP contribution in [0.1, 0.15) is 0 Å². The molecule has 0 bridgehead atoms. The smallest absolute Gasteiger partial charge is 0.266 e. The minimum Gasteiger partial charge on any atom is -0.383 e. The number of carbonyl (C=O) groups excluding carboxylic acids is 1. The molecule has 6 nitrogen and oxygen atoms in total. The molecule has 0 aliphatic heterocycles. The number of hydrogen-bond acceptors (Lipinski definition) is 5. The highest BCUT2D eigenvalue weighted by molar-refractivity contribution is 5.97. The Balaban J connectivity index is 5.11. The highest BCUT2D eigenvalue weighted by Gasteiger charge is 2.17. The van der Waals surface area contributed by atoms with E-state index in [-0.39, 0.29) is 11.5 Å². The van der Waals surface area contributed by atoms with E-state index in [9.17, 15) is 10.1 Å². The van der Waals surface area contributed by atoms with E-state index < -0.39 is 0 Å². The topological polar surface area (TPSA) is 65.8 Å². The first-order valence-corrected chi connectivity index (χ1v) is 6.99. The van der Waals surface area contributed by atoms with Gasteiger partial charge in [-0.2, -0.15) is 5.26 Å². The van der Waals surface area contributed by atoms with Crippen LogP contribution in [0.2, 0.25) is 0 Å². The predicted molar refractivity (Wildman–Crippen MR) is 86.0 cm³/mol. The number of nitriles is 1. The Morgan fingerprint density at radius 1 is 1.14 bits per heavy atom. The Morgan fingerprint density at radius 2 is 1.64 bits per heavy atom. The third-order valence-corrected chi connectivity index (χ3v) is 2.81. The SMILES string of the molecule is C=CCN(CC=C)C(=O)/C(C#N)=C\N(CCOC)CCOC. The number of rotatable bonds is 12. The summed E-state index contributed by atoms with van der Waals surface area (Å²) in [6.07, 6.45) is 4.79. The molecule has 0 rings (SSSR count). The molecule has 0 aliphatic rings. The third-order valence-electron chi connectivity index (χ3n) is 2.81. The average molecular weight is 307 g/mol. The molecule has 0 radical (unpaired) electrons. The van der Waals surface area contributed by atoms with Gasteiger partial charge in [0.05, 0.1) is 13.2 Å². The summed E-state index contributed by atoms with van der Waals surface area (Å²) in [6.45, 7) is 10.1. The second kappa shape index (κ2) is 12.6. The summed E-state index contributed by atoms with van der Waals surface area (Å²) in [4.78, 5) is 15.7. The van der Waals surface area contributed by atoms with Crippen molar-refractivity contribution >= 4 is 5.91 Å². The molecule has 0 aromatic carbocycles. The van der Waals surface area contributed by atoms with E-state index >= 15 is 0 Å². The van der Waals surface area contributed by atoms with Crippen molar-refractivity contribution in [2.24, 2.45) is 0 Å². The number of ether oxygens (including phenoxy) is 2. The lowest BCUT2D eigenvalue weighted by molar-refractivity contribution is -0.125. The largest absolute Gasteiger partial charge is 0.383 e. The zero-order chi connectivity index (χ0) is 16.8. The van der Waals surface area contributed by atoms with Crippen molar-refractivity contribution in [2.45, 2.75) is 0 Å². The highest BCUT2D eigenvalue weighted by Crippen LogP contribution is 2.05. The lowest BCUT2D eigenvalue weighted by Crippen LogP contribution is -2.34. The van der Waals surface area contributed by atoms with Gasteiger partial charge >= 0.3 is 0 Å². The molecule has 22 heavy (non-hydrogen) atoms. The van der Waals surface area contributed by atoms with Gasteiger partial charge in [0.2, 0.25) is 0 Å². The van der Waals surface area contributed by atoms with Crippen LogP contribution in [-0.4, -0.2) is 69.3 Å². The highest BCUT2D eigenvalue weighted by atomic mass is 16.5. The van der Waals surface area contributed by atoms with Crippen LogP contribution in [0.15, 0.2) is 37.1 Å². The minimum absolute atomic E-state index is 0.0657. The molecule has 122 valence electrons. The van der Waals surface area contributed by atoms with Gasteiger partial charge in [-0.25, -0.2) is 0 Å². The number of methoxy groups -OCH3 is 2. The molecule has 0 saturated heterocycles. The van der Waals surface area contributed by atoms with Crippen molar-refractivity contribution in [1.82, 2.24) is 9.80 Å². The lowest BCUT2D eigenvalue weighted by Gasteiger charge is -2.22. The van der Waals surface area contributed by atoms with E-state index in [0.717, 1.165) is 0 Å². The Hall–Kier alpha value is -2.10. The average Bonchev–Trinajstić information content (AvgIpc) is 2.53. The van der Waals surface area contributed by atoms with Gasteiger partial charge in [0.1, 0.15) is 11.6 Å². The van der Waals surface area contributed by atoms with Crippen LogP contribution in [0.3, 0.4) is 0 Å². The molecule has 0 saturated carbocycles. The molecular weight excluding hydrogens is 282 g/mol. The van der Waals surface area contributed by atoms with Gasteiger partial charge in [-0.05, 0) is 0 Å². The van der Waals surface area contributed by atoms with Crippen LogP contribution >= 0.6 is 0 Å². The van der Waals surface area contributed by atoms with Gasteiger partial charge in [-0.3, -0.25) is 4.79 Å². The van der Waals surface area contributed by atoms with E-state index in [2.05, 4.69) is 13.2 Å². The maximum absolute atomic E-state index is 12.4. The summed E-state index contributed by atoms with van der Waals surface area (Å²) >= 11 is 0. The molecule has 6 heteroatoms. The Morgan fingerprint density at radius 3 is 2.00 bits per heavy atom. The fourth-order valence-electron chi connectivity index (χ4n) is 1.69. The van der Waals surface area contributed by atoms with E-state index in [4.69, 9.17) is 9.47 Å². The first kappa shape index (κ1) is 19.9. The summed E-state index contributed by atoms with van der Waals surface area (Å²) in [5, 5.41) is 9.27. The van der Waals surface area contributed by atoms with Crippen molar-refractivity contribution in [3.8, 4) is 6.07 Å². The van der Waals surface area contributed by atoms with Gasteiger partial charge < -0.3 is 19.3 Å². The van der Waals surface area contributed by atoms with E-state index in [1.165, 1.54) is 4.90 Å². The molecule has 0 fully saturated rings. The van der Waals surface area contributed by atoms with Gasteiger partial charge in [0.15, 0.2) is 0 Å². The molecule has 0 unspecified atom stereocenters. The molecule has 1 amide bonds. The van der Waals surface area contributed by atoms with Crippen molar-refractivity contribution < 1.29 is 14.3 Å². The molecule has 0 atom stereocenters. The number of hydrogen-bond donors (Lipinski definition) is 0. The van der Waals surface area contributed by atoms with Gasteiger partial charge in [-0.15, -0.1) is 13.2 Å². The van der Waals surface area contributed by atoms with Crippen LogP contribution in [0.5, 0.6) is 0 Å². The van der Waals surface area contributed by atoms with E-state index in [1.807, 2.05) is 11.0 Å². The normalized spacial score (nSPS) is 10.7. The van der Waals surface area contributed by atoms with Crippen molar-refractivity contribution in [1.29, 1.82) is 5.26 Å². The zero-order valence-electron chi connectivity index (χ0n) is 13.5. The fraction of sp³-hybridized carbons (Fsp3) is 0.500. The minimum atomic E-state index is -0.345. The first-order valence-electron chi connectivity index (χ1n) is 6.99. The second-order valence-electron chi connectivity index (χ2n) is 4.46. The first-order chi connectivity index (χ1) is 10.6. The maximum atomic E-state index is 12.4. The number of amides is 1. The van der Waals surface area contributed by atoms with Crippen LogP contribution in [0.4, 0.5) is 0 Å². The maximum Gasteiger partial charge on any atom is 0.266 e. The van der Waals surface area contributed by atoms with Gasteiger partial charge in [0, 0.05) is 46.6 Å². The summed E-state index contributed by atoms with van der Waals surface area (Å²) in [7, 11) is 3.20. The monoisotopic (exact) mass is 307 g/mol. The summed E-state index contributed by atoms with van der Waals surface area (Å²) in [6, 6.07) is 1.96. The molecule has 0 N–H and O–H groups in total. The third kappa shape index (κ3) is 7.62. The fourth-order valence-corrected chi connectivity index (χ4v) is 1.69. The molecule has 0 aromatic rings. The summed E-state index contributed by atoms with van der Waals surface area (Å²) < 4.78 is 10.1. The van der Waals surface area contributed by atoms with Crippen LogP contribution in [-0.2, 0) is 14.3 Å². The Kier molecular flexibility index (Phi) is 11.4. The van der Waals surface area contributed by atoms with Crippen LogP contribution < -0.4 is 0 Å². The molecule has 0 spiro atoms. The molecular formula is C16H25N3O3. The van der Waals surface area contributed by atoms with Crippen molar-refractivity contribution in [3.63, 3.8) is 0 Å². The van der Waals surface area contributed by atoms with Crippen molar-refractivity contribution in [3.05, 3.63) is 37.1 Å². The van der Waals surface area contributed by atoms with Crippen molar-refractivity contribution in [2.75, 3.05) is 53.6 Å². The molecule has 0 aromatic heterocycles. The summed E-state index contributed by atoms with van der Waals surface area (Å²) in [5.41, 5.74) is 0.0657. The zero-order valence-corrected chi connectivity index (χ0v) is 13.5. The van der Waals surface area contributed by atoms with E-state index in [0.29, 0.717) is 39.4 Å². The van der Waals surface area contributed by atoms with Crippen LogP contribution in [0.25, 0.3) is 0 Å². The Bertz CT molecular complexity index is 409. The predicted octanol–water partition coefficient (Wildman–Crippen LogP) is 1.19. The molecule has 0 aliphatic carbocycles. The number of carbonyl (C=O) groups is 1. The van der Waals surface area contributed by atoms with Gasteiger partial charge in [0.25, 0.3) is 5.91 Å². The van der Waals surface area contributed by atoms with Gasteiger partial charge in [-0.1, -0.05) is 12.2 Å². The quantitative estimate of drug-likeness (QED) is 0.308. The van der Waals surface area contributed by atoms with Crippen LogP contribution in [0, 0.1) is 11.3 Å². The standard InChI is InChI=1S/C16H25N3O3/c1-5-7-19(8-6-2)16(20)15(13-17)14-18(9-11-21-3)10-12-22-4/h5-6,14H,1-2,7-12H2,3-4H3/b15-14-. The Labute approximate surface area is 132 Å². The number of nitrogens with zero attached hydrogens (tertiary/aromatic N) is 3.